The molecule has 1 aromatic heterocycles. The van der Waals surface area contributed by atoms with Crippen LogP contribution >= 0.6 is 11.8 Å². The van der Waals surface area contributed by atoms with Crippen LogP contribution < -0.4 is 10.3 Å². The molecule has 2 aromatic carbocycles. The van der Waals surface area contributed by atoms with Gasteiger partial charge in [-0.3, -0.25) is 0 Å². The second-order valence-corrected chi connectivity index (χ2v) is 7.12. The van der Waals surface area contributed by atoms with E-state index < -0.39 is 0 Å². The maximum atomic E-state index is 4.68. The highest BCUT2D eigenvalue weighted by Crippen LogP contribution is 2.25. The molecule has 0 spiro atoms. The van der Waals surface area contributed by atoms with Gasteiger partial charge in [-0.2, -0.15) is 14.9 Å². The van der Waals surface area contributed by atoms with E-state index in [0.29, 0.717) is 5.95 Å². The summed E-state index contributed by atoms with van der Waals surface area (Å²) in [6.07, 6.45) is 1.75. The van der Waals surface area contributed by atoms with Gasteiger partial charge >= 0.3 is 0 Å². The minimum Gasteiger partial charge on any atom is -0.378 e. The van der Waals surface area contributed by atoms with Crippen LogP contribution in [0.5, 0.6) is 0 Å². The number of aromatic nitrogens is 3. The second kappa shape index (κ2) is 7.63. The third-order valence-electron chi connectivity index (χ3n) is 4.07. The number of nitrogens with zero attached hydrogens (tertiary/aromatic N) is 6. The molecule has 0 bridgehead atoms. The van der Waals surface area contributed by atoms with E-state index >= 15 is 0 Å². The van der Waals surface area contributed by atoms with E-state index in [1.165, 1.54) is 0 Å². The minimum absolute atomic E-state index is 0.492. The van der Waals surface area contributed by atoms with Crippen molar-refractivity contribution in [3.63, 3.8) is 0 Å². The summed E-state index contributed by atoms with van der Waals surface area (Å²) in [5, 5.41) is 18.0. The molecule has 3 aromatic rings. The van der Waals surface area contributed by atoms with E-state index in [1.807, 2.05) is 56.6 Å². The molecule has 0 amide bonds. The van der Waals surface area contributed by atoms with Crippen molar-refractivity contribution < 1.29 is 0 Å². The number of nitrogens with one attached hydrogen (secondary N) is 1. The van der Waals surface area contributed by atoms with Crippen LogP contribution in [0.2, 0.25) is 0 Å². The van der Waals surface area contributed by atoms with Gasteiger partial charge in [-0.15, -0.1) is 10.2 Å². The highest BCUT2D eigenvalue weighted by atomic mass is 32.2. The quantitative estimate of drug-likeness (QED) is 0.546. The maximum Gasteiger partial charge on any atom is 0.266 e. The van der Waals surface area contributed by atoms with Crippen molar-refractivity contribution in [2.75, 3.05) is 30.2 Å². The molecule has 0 radical (unpaired) electrons. The van der Waals surface area contributed by atoms with Gasteiger partial charge in [0.05, 0.1) is 11.9 Å². The van der Waals surface area contributed by atoms with Crippen molar-refractivity contribution in [1.29, 1.82) is 0 Å². The van der Waals surface area contributed by atoms with Gasteiger partial charge in [-0.1, -0.05) is 54.2 Å². The molecular weight excluding hydrogens is 358 g/mol. The number of rotatable bonds is 5. The first-order chi connectivity index (χ1) is 13.2. The van der Waals surface area contributed by atoms with Gasteiger partial charge in [0.15, 0.2) is 0 Å². The average Bonchev–Trinajstić information content (AvgIpc) is 3.11. The van der Waals surface area contributed by atoms with Gasteiger partial charge in [0.25, 0.3) is 5.95 Å². The topological polar surface area (TPSA) is 70.7 Å². The molecule has 4 rings (SSSR count). The molecule has 0 saturated heterocycles. The van der Waals surface area contributed by atoms with E-state index in [1.54, 1.807) is 22.7 Å². The highest BCUT2D eigenvalue weighted by molar-refractivity contribution is 7.99. The van der Waals surface area contributed by atoms with Crippen LogP contribution in [0.3, 0.4) is 0 Å². The Hall–Kier alpha value is -3.13. The molecule has 1 aliphatic heterocycles. The lowest BCUT2D eigenvalue weighted by molar-refractivity contribution is 0.760. The Balaban J connectivity index is 1.50. The molecule has 0 atom stereocenters. The molecule has 7 nitrogen and oxygen atoms in total. The first-order valence-corrected chi connectivity index (χ1v) is 9.47. The number of hydrogen-bond donors (Lipinski definition) is 1. The fourth-order valence-corrected chi connectivity index (χ4v) is 3.43. The minimum atomic E-state index is 0.492. The van der Waals surface area contributed by atoms with Gasteiger partial charge in [-0.05, 0) is 23.3 Å². The summed E-state index contributed by atoms with van der Waals surface area (Å²) in [5.41, 5.74) is 7.16. The first kappa shape index (κ1) is 17.3. The van der Waals surface area contributed by atoms with Crippen molar-refractivity contribution in [2.45, 2.75) is 5.16 Å². The number of benzene rings is 2. The lowest BCUT2D eigenvalue weighted by atomic mass is 10.1. The van der Waals surface area contributed by atoms with Crippen LogP contribution in [-0.4, -0.2) is 46.6 Å². The molecular formula is C19H19N7S. The van der Waals surface area contributed by atoms with Crippen LogP contribution in [0.15, 0.2) is 70.0 Å². The lowest BCUT2D eigenvalue weighted by Crippen LogP contribution is -2.14. The summed E-state index contributed by atoms with van der Waals surface area (Å²) >= 11 is 1.61. The zero-order chi connectivity index (χ0) is 18.6. The Bertz CT molecular complexity index is 975. The smallest absolute Gasteiger partial charge is 0.266 e. The van der Waals surface area contributed by atoms with Crippen molar-refractivity contribution in [3.8, 4) is 0 Å². The van der Waals surface area contributed by atoms with Gasteiger partial charge in [0, 0.05) is 25.5 Å². The largest absolute Gasteiger partial charge is 0.378 e. The third kappa shape index (κ3) is 3.85. The Morgan fingerprint density at radius 3 is 2.59 bits per heavy atom. The van der Waals surface area contributed by atoms with E-state index in [9.17, 15) is 0 Å². The fourth-order valence-electron chi connectivity index (χ4n) is 2.59. The number of hydrazone groups is 1. The van der Waals surface area contributed by atoms with Crippen LogP contribution in [0.25, 0.3) is 0 Å². The molecule has 8 heteroatoms. The van der Waals surface area contributed by atoms with Crippen molar-refractivity contribution in [3.05, 3.63) is 65.7 Å². The van der Waals surface area contributed by atoms with E-state index in [4.69, 9.17) is 0 Å². The van der Waals surface area contributed by atoms with E-state index in [0.717, 1.165) is 33.4 Å². The molecule has 1 aliphatic rings. The molecule has 2 heterocycles. The summed E-state index contributed by atoms with van der Waals surface area (Å²) in [7, 11) is 4.03. The van der Waals surface area contributed by atoms with E-state index in [-0.39, 0.29) is 0 Å². The number of thioether (sulfide) groups is 1. The predicted molar refractivity (Wildman–Crippen MR) is 111 cm³/mol. The predicted octanol–water partition coefficient (Wildman–Crippen LogP) is 3.15. The van der Waals surface area contributed by atoms with Gasteiger partial charge < -0.3 is 4.90 Å². The molecule has 136 valence electrons. The second-order valence-electron chi connectivity index (χ2n) is 6.18. The van der Waals surface area contributed by atoms with Crippen LogP contribution in [0, 0.1) is 0 Å². The Labute approximate surface area is 161 Å². The number of anilines is 2. The Morgan fingerprint density at radius 1 is 1.07 bits per heavy atom. The first-order valence-electron chi connectivity index (χ1n) is 8.48. The summed E-state index contributed by atoms with van der Waals surface area (Å²) in [6, 6.07) is 18.2. The molecule has 0 unspecified atom stereocenters. The molecule has 0 fully saturated rings. The average molecular weight is 377 g/mol. The van der Waals surface area contributed by atoms with Crippen LogP contribution in [-0.2, 0) is 0 Å². The Kier molecular flexibility index (Phi) is 4.88. The number of hydrogen-bond acceptors (Lipinski definition) is 7. The summed E-state index contributed by atoms with van der Waals surface area (Å²) in [6.45, 7) is 0. The SMILES string of the molecule is CN(C)c1ccc(/C=N/Nc2nnc3n2N=C(c2ccccc2)CS3)cc1. The monoisotopic (exact) mass is 377 g/mol. The Morgan fingerprint density at radius 2 is 1.85 bits per heavy atom. The zero-order valence-corrected chi connectivity index (χ0v) is 15.9. The maximum absolute atomic E-state index is 4.68. The summed E-state index contributed by atoms with van der Waals surface area (Å²) in [5.74, 6) is 1.26. The summed E-state index contributed by atoms with van der Waals surface area (Å²) < 4.78 is 1.70. The number of fused-ring (bicyclic) bond motifs is 1. The normalized spacial score (nSPS) is 13.3. The van der Waals surface area contributed by atoms with Gasteiger partial charge in [0.2, 0.25) is 5.16 Å². The molecule has 27 heavy (non-hydrogen) atoms. The molecule has 0 aliphatic carbocycles. The molecule has 0 saturated carbocycles. The van der Waals surface area contributed by atoms with Crippen molar-refractivity contribution in [2.24, 2.45) is 10.2 Å². The zero-order valence-electron chi connectivity index (χ0n) is 15.1. The summed E-state index contributed by atoms with van der Waals surface area (Å²) in [4.78, 5) is 2.06. The lowest BCUT2D eigenvalue weighted by Gasteiger charge is -2.13. The van der Waals surface area contributed by atoms with Crippen molar-refractivity contribution >= 4 is 35.3 Å². The van der Waals surface area contributed by atoms with Gasteiger partial charge in [-0.25, -0.2) is 5.43 Å². The standard InChI is InChI=1S/C19H19N7S/c1-25(2)16-10-8-14(9-11-16)12-20-21-18-22-23-19-26(18)24-17(13-27-19)15-6-4-3-5-7-15/h3-12H,13H2,1-2H3,(H,21,22)/b20-12+. The van der Waals surface area contributed by atoms with Crippen LogP contribution in [0.4, 0.5) is 11.6 Å². The third-order valence-corrected chi connectivity index (χ3v) is 5.00. The van der Waals surface area contributed by atoms with E-state index in [2.05, 4.69) is 42.9 Å². The highest BCUT2D eigenvalue weighted by Gasteiger charge is 2.19. The van der Waals surface area contributed by atoms with Gasteiger partial charge in [0.1, 0.15) is 0 Å². The van der Waals surface area contributed by atoms with Crippen molar-refractivity contribution in [1.82, 2.24) is 14.9 Å². The molecule has 1 N–H and O–H groups in total. The van der Waals surface area contributed by atoms with Crippen LogP contribution in [0.1, 0.15) is 11.1 Å². The fraction of sp³-hybridized carbons (Fsp3) is 0.158.